The van der Waals surface area contributed by atoms with E-state index >= 15 is 0 Å². The van der Waals surface area contributed by atoms with Crippen LogP contribution in [0.15, 0.2) is 24.3 Å². The highest BCUT2D eigenvalue weighted by molar-refractivity contribution is 9.47. The van der Waals surface area contributed by atoms with Gasteiger partial charge in [0, 0.05) is 5.02 Å². The van der Waals surface area contributed by atoms with Crippen molar-refractivity contribution in [3.05, 3.63) is 35.4 Å². The fraction of sp³-hybridized carbons (Fsp3) is 0. The molecular formula is C6H4Br2ClMg. The van der Waals surface area contributed by atoms with E-state index < -0.39 is 0 Å². The van der Waals surface area contributed by atoms with Gasteiger partial charge in [0.1, 0.15) is 0 Å². The lowest BCUT2D eigenvalue weighted by atomic mass is 10.4. The Hall–Kier alpha value is 1.24. The van der Waals surface area contributed by atoms with Gasteiger partial charge < -0.3 is 0 Å². The van der Waals surface area contributed by atoms with Crippen molar-refractivity contribution in [3.63, 3.8) is 0 Å². The molecule has 0 aliphatic carbocycles. The van der Waals surface area contributed by atoms with Crippen LogP contribution < -0.4 is 0 Å². The van der Waals surface area contributed by atoms with Crippen LogP contribution in [0.25, 0.3) is 0 Å². The first kappa shape index (κ1) is 11.2. The van der Waals surface area contributed by atoms with Gasteiger partial charge in [-0.1, -0.05) is 23.7 Å². The van der Waals surface area contributed by atoms with Crippen molar-refractivity contribution in [2.45, 2.75) is 0 Å². The summed E-state index contributed by atoms with van der Waals surface area (Å²) in [7, 11) is 0. The van der Waals surface area contributed by atoms with Crippen LogP contribution in [0.4, 0.5) is 0 Å². The summed E-state index contributed by atoms with van der Waals surface area (Å²) in [6.45, 7) is 0. The van der Waals surface area contributed by atoms with Crippen molar-refractivity contribution in [3.8, 4) is 0 Å². The van der Waals surface area contributed by atoms with Crippen LogP contribution in [-0.4, -0.2) is 16.0 Å². The van der Waals surface area contributed by atoms with E-state index in [-0.39, 0.29) is 16.0 Å². The fourth-order valence-electron chi connectivity index (χ4n) is 0.367. The van der Waals surface area contributed by atoms with Crippen LogP contribution in [0.5, 0.6) is 0 Å². The molecule has 0 atom stereocenters. The lowest BCUT2D eigenvalue weighted by Crippen LogP contribution is -1.56. The van der Waals surface area contributed by atoms with Crippen molar-refractivity contribution in [2.75, 3.05) is 0 Å². The van der Waals surface area contributed by atoms with E-state index in [9.17, 15) is 0 Å². The summed E-state index contributed by atoms with van der Waals surface area (Å²) < 4.78 is 0. The third-order valence-electron chi connectivity index (χ3n) is 0.678. The lowest BCUT2D eigenvalue weighted by molar-refractivity contribution is 1.69. The Morgan fingerprint density at radius 2 is 1.70 bits per heavy atom. The summed E-state index contributed by atoms with van der Waals surface area (Å²) in [4.78, 5) is 0. The predicted molar refractivity (Wildman–Crippen MR) is 53.9 cm³/mol. The molecule has 1 radical (unpaired) electrons. The zero-order valence-corrected chi connectivity index (χ0v) is 10.5. The first-order valence-corrected chi connectivity index (χ1v) is 10.7. The smallest absolute Gasteiger partial charge is 0.280 e. The maximum absolute atomic E-state index is 5.52. The molecule has 0 fully saturated rings. The Morgan fingerprint density at radius 1 is 1.30 bits per heavy atom. The topological polar surface area (TPSA) is 0 Å². The molecule has 0 spiro atoms. The third-order valence-corrected chi connectivity index (χ3v) is 0.930. The highest BCUT2D eigenvalue weighted by Crippen LogP contribution is 2.03. The normalized spacial score (nSPS) is 7.10. The zero-order valence-electron chi connectivity index (χ0n) is 5.15. The highest BCUT2D eigenvalue weighted by atomic mass is 79.9. The Bertz CT molecular complexity index is 157. The van der Waals surface area contributed by atoms with Gasteiger partial charge in [-0.15, -0.1) is 0 Å². The Balaban J connectivity index is 0.000000236. The number of halogens is 3. The second-order valence-corrected chi connectivity index (χ2v) is 9.84. The number of benzene rings is 1. The average Bonchev–Trinajstić information content (AvgIpc) is 1.91. The summed E-state index contributed by atoms with van der Waals surface area (Å²) in [6, 6.07) is 10.00. The van der Waals surface area contributed by atoms with Gasteiger partial charge in [0.15, 0.2) is 0 Å². The average molecular weight is 296 g/mol. The third kappa shape index (κ3) is 7.34. The van der Waals surface area contributed by atoms with Crippen LogP contribution in [-0.2, 0) is 0 Å². The first-order chi connectivity index (χ1) is 4.81. The van der Waals surface area contributed by atoms with Gasteiger partial charge in [-0.2, -0.15) is 0 Å². The van der Waals surface area contributed by atoms with Gasteiger partial charge in [-0.25, -0.2) is 0 Å². The van der Waals surface area contributed by atoms with E-state index in [1.54, 1.807) is 24.3 Å². The minimum Gasteiger partial charge on any atom is -0.280 e. The van der Waals surface area contributed by atoms with Crippen LogP contribution in [0.3, 0.4) is 0 Å². The summed E-state index contributed by atoms with van der Waals surface area (Å²) in [5, 5.41) is 0.763. The monoisotopic (exact) mass is 293 g/mol. The van der Waals surface area contributed by atoms with E-state index in [4.69, 9.17) is 11.6 Å². The van der Waals surface area contributed by atoms with Gasteiger partial charge in [-0.3, -0.25) is 25.8 Å². The van der Waals surface area contributed by atoms with Crippen molar-refractivity contribution < 1.29 is 0 Å². The van der Waals surface area contributed by atoms with Crippen LogP contribution in [0, 0.1) is 6.07 Å². The molecule has 0 unspecified atom stereocenters. The van der Waals surface area contributed by atoms with Gasteiger partial charge in [-0.05, 0) is 18.2 Å². The molecule has 0 bridgehead atoms. The number of hydrogen-bond donors (Lipinski definition) is 0. The van der Waals surface area contributed by atoms with Crippen molar-refractivity contribution in [1.29, 1.82) is 0 Å². The first-order valence-electron chi connectivity index (χ1n) is 2.54. The molecule has 0 aromatic heterocycles. The largest absolute Gasteiger partial charge is 0.560 e. The molecule has 1 rings (SSSR count). The molecule has 0 saturated carbocycles. The Kier molecular flexibility index (Phi) is 9.36. The van der Waals surface area contributed by atoms with Crippen molar-refractivity contribution in [1.82, 2.24) is 0 Å². The van der Waals surface area contributed by atoms with Gasteiger partial charge in [0.05, 0.1) is 0 Å². The summed E-state index contributed by atoms with van der Waals surface area (Å²) in [5.41, 5.74) is 0. The Morgan fingerprint density at radius 3 is 1.90 bits per heavy atom. The van der Waals surface area contributed by atoms with Crippen LogP contribution in [0.2, 0.25) is 5.02 Å². The molecule has 0 N–H and O–H groups in total. The second kappa shape index (κ2) is 8.33. The molecule has 0 nitrogen and oxygen atoms in total. The molecule has 0 amide bonds. The lowest BCUT2D eigenvalue weighted by Gasteiger charge is -1.79. The quantitative estimate of drug-likeness (QED) is 0.643. The maximum Gasteiger partial charge on any atom is 0.560 e. The molecule has 10 heavy (non-hydrogen) atoms. The zero-order chi connectivity index (χ0) is 7.82. The molecule has 51 valence electrons. The minimum atomic E-state index is 0.0417. The molecule has 0 aliphatic heterocycles. The predicted octanol–water partition coefficient (Wildman–Crippen LogP) is 3.45. The van der Waals surface area contributed by atoms with Crippen molar-refractivity contribution in [2.24, 2.45) is 0 Å². The van der Waals surface area contributed by atoms with E-state index in [1.807, 2.05) is 0 Å². The number of hydrogen-bond acceptors (Lipinski definition) is 0. The van der Waals surface area contributed by atoms with Gasteiger partial charge in [0.2, 0.25) is 0 Å². The maximum atomic E-state index is 5.52. The molecule has 0 saturated heterocycles. The molecule has 1 aromatic carbocycles. The molecular weight excluding hydrogens is 292 g/mol. The van der Waals surface area contributed by atoms with Gasteiger partial charge in [0.25, 0.3) is 0 Å². The molecule has 1 aromatic rings. The van der Waals surface area contributed by atoms with Gasteiger partial charge >= 0.3 is 16.0 Å². The summed E-state index contributed by atoms with van der Waals surface area (Å²) >= 11 is 12.0. The summed E-state index contributed by atoms with van der Waals surface area (Å²) in [6.07, 6.45) is 0. The van der Waals surface area contributed by atoms with E-state index in [0.717, 1.165) is 5.02 Å². The standard InChI is InChI=1S/C6H4Cl.2BrH.Mg/c7-6-4-2-1-3-5-6;;;/h2-5H;2*1H;/q;;;+2/p-2. The molecule has 0 aliphatic rings. The van der Waals surface area contributed by atoms with Crippen LogP contribution >= 0.6 is 37.4 Å². The Labute approximate surface area is 87.8 Å². The summed E-state index contributed by atoms with van der Waals surface area (Å²) in [5.74, 6) is 0. The van der Waals surface area contributed by atoms with E-state index in [1.165, 1.54) is 0 Å². The fourth-order valence-corrected chi connectivity index (χ4v) is 0.493. The van der Waals surface area contributed by atoms with Crippen molar-refractivity contribution >= 4 is 53.4 Å². The SMILES string of the molecule is Clc1cc[c]cc1.[Br][Mg][Br]. The van der Waals surface area contributed by atoms with E-state index in [2.05, 4.69) is 31.8 Å². The number of rotatable bonds is 0. The highest BCUT2D eigenvalue weighted by Gasteiger charge is 1.75. The molecule has 0 heterocycles. The van der Waals surface area contributed by atoms with Crippen LogP contribution in [0.1, 0.15) is 0 Å². The van der Waals surface area contributed by atoms with E-state index in [0.29, 0.717) is 0 Å². The minimum absolute atomic E-state index is 0.0417. The molecule has 4 heteroatoms. The second-order valence-electron chi connectivity index (χ2n) is 1.32.